The zero-order valence-electron chi connectivity index (χ0n) is 17.0. The highest BCUT2D eigenvalue weighted by molar-refractivity contribution is 5.93. The molecule has 0 fully saturated rings. The van der Waals surface area contributed by atoms with Gasteiger partial charge in [0.05, 0.1) is 12.8 Å². The van der Waals surface area contributed by atoms with Crippen molar-refractivity contribution in [2.24, 2.45) is 0 Å². The van der Waals surface area contributed by atoms with Gasteiger partial charge in [0.1, 0.15) is 11.3 Å². The summed E-state index contributed by atoms with van der Waals surface area (Å²) >= 11 is 0. The van der Waals surface area contributed by atoms with Crippen molar-refractivity contribution in [1.82, 2.24) is 4.98 Å². The number of rotatable bonds is 8. The summed E-state index contributed by atoms with van der Waals surface area (Å²) in [5.41, 5.74) is 4.24. The van der Waals surface area contributed by atoms with Crippen molar-refractivity contribution < 1.29 is 13.9 Å². The number of oxazole rings is 1. The molecule has 1 amide bonds. The van der Waals surface area contributed by atoms with Crippen molar-refractivity contribution >= 4 is 22.7 Å². The van der Waals surface area contributed by atoms with Gasteiger partial charge in [0.25, 0.3) is 0 Å². The summed E-state index contributed by atoms with van der Waals surface area (Å²) in [5, 5.41) is 2.95. The topological polar surface area (TPSA) is 64.4 Å². The molecule has 28 heavy (non-hydrogen) atoms. The first-order valence-electron chi connectivity index (χ1n) is 9.90. The summed E-state index contributed by atoms with van der Waals surface area (Å²) in [6, 6.07) is 11.7. The molecule has 0 saturated heterocycles. The summed E-state index contributed by atoms with van der Waals surface area (Å²) in [5.74, 6) is 1.56. The number of nitrogens with one attached hydrogen (secondary N) is 1. The Balaban J connectivity index is 1.88. The predicted molar refractivity (Wildman–Crippen MR) is 113 cm³/mol. The van der Waals surface area contributed by atoms with Crippen molar-refractivity contribution in [2.45, 2.75) is 52.4 Å². The van der Waals surface area contributed by atoms with E-state index in [4.69, 9.17) is 9.15 Å². The van der Waals surface area contributed by atoms with E-state index in [0.717, 1.165) is 35.9 Å². The van der Waals surface area contributed by atoms with Crippen LogP contribution in [0.25, 0.3) is 22.6 Å². The molecule has 0 aliphatic heterocycles. The van der Waals surface area contributed by atoms with Crippen LogP contribution in [0.2, 0.25) is 0 Å². The van der Waals surface area contributed by atoms with Crippen LogP contribution in [-0.2, 0) is 4.79 Å². The van der Waals surface area contributed by atoms with Crippen LogP contribution in [0.5, 0.6) is 5.75 Å². The SMILES string of the molecule is CCCCCC(=O)Nc1cc(-c2nc3cc(C(C)C)ccc3o2)ccc1OC. The molecule has 148 valence electrons. The lowest BCUT2D eigenvalue weighted by Gasteiger charge is -2.11. The second-order valence-electron chi connectivity index (χ2n) is 7.32. The number of carbonyl (C=O) groups excluding carboxylic acids is 1. The van der Waals surface area contributed by atoms with Gasteiger partial charge >= 0.3 is 0 Å². The summed E-state index contributed by atoms with van der Waals surface area (Å²) in [4.78, 5) is 16.9. The number of ether oxygens (including phenoxy) is 1. The average molecular weight is 380 g/mol. The first-order chi connectivity index (χ1) is 13.5. The van der Waals surface area contributed by atoms with E-state index in [2.05, 4.69) is 43.2 Å². The third kappa shape index (κ3) is 4.53. The molecule has 1 heterocycles. The molecule has 5 nitrogen and oxygen atoms in total. The third-order valence-electron chi connectivity index (χ3n) is 4.81. The summed E-state index contributed by atoms with van der Waals surface area (Å²) in [7, 11) is 1.59. The number of amides is 1. The number of aromatic nitrogens is 1. The van der Waals surface area contributed by atoms with Crippen molar-refractivity contribution in [2.75, 3.05) is 12.4 Å². The molecule has 0 spiro atoms. The average Bonchev–Trinajstić information content (AvgIpc) is 3.11. The molecular formula is C23H28N2O3. The van der Waals surface area contributed by atoms with Gasteiger partial charge in [0, 0.05) is 12.0 Å². The molecular weight excluding hydrogens is 352 g/mol. The largest absolute Gasteiger partial charge is 0.495 e. The molecule has 1 aromatic heterocycles. The fraction of sp³-hybridized carbons (Fsp3) is 0.391. The molecule has 1 N–H and O–H groups in total. The van der Waals surface area contributed by atoms with E-state index in [9.17, 15) is 4.79 Å². The summed E-state index contributed by atoms with van der Waals surface area (Å²) in [6.07, 6.45) is 3.52. The first-order valence-corrected chi connectivity index (χ1v) is 9.90. The number of methoxy groups -OCH3 is 1. The third-order valence-corrected chi connectivity index (χ3v) is 4.81. The second-order valence-corrected chi connectivity index (χ2v) is 7.32. The molecule has 0 aliphatic rings. The Labute approximate surface area is 166 Å². The molecule has 3 rings (SSSR count). The molecule has 0 atom stereocenters. The van der Waals surface area contributed by atoms with Crippen LogP contribution in [0, 0.1) is 0 Å². The van der Waals surface area contributed by atoms with Gasteiger partial charge in [-0.05, 0) is 48.2 Å². The maximum absolute atomic E-state index is 12.2. The van der Waals surface area contributed by atoms with Crippen LogP contribution in [-0.4, -0.2) is 18.0 Å². The van der Waals surface area contributed by atoms with Gasteiger partial charge in [-0.15, -0.1) is 0 Å². The van der Waals surface area contributed by atoms with Gasteiger partial charge < -0.3 is 14.5 Å². The van der Waals surface area contributed by atoms with E-state index in [1.807, 2.05) is 24.3 Å². The van der Waals surface area contributed by atoms with Gasteiger partial charge in [-0.3, -0.25) is 4.79 Å². The fourth-order valence-electron chi connectivity index (χ4n) is 3.11. The first kappa shape index (κ1) is 19.9. The van der Waals surface area contributed by atoms with E-state index in [-0.39, 0.29) is 5.91 Å². The molecule has 0 aliphatic carbocycles. The Kier molecular flexibility index (Phi) is 6.34. The van der Waals surface area contributed by atoms with E-state index in [0.29, 0.717) is 29.7 Å². The number of benzene rings is 2. The quantitative estimate of drug-likeness (QED) is 0.476. The Hall–Kier alpha value is -2.82. The fourth-order valence-corrected chi connectivity index (χ4v) is 3.11. The minimum Gasteiger partial charge on any atom is -0.495 e. The second kappa shape index (κ2) is 8.91. The number of anilines is 1. The number of fused-ring (bicyclic) bond motifs is 1. The van der Waals surface area contributed by atoms with Gasteiger partial charge in [-0.2, -0.15) is 0 Å². The lowest BCUT2D eigenvalue weighted by Crippen LogP contribution is -2.12. The van der Waals surface area contributed by atoms with Crippen LogP contribution < -0.4 is 10.1 Å². The van der Waals surface area contributed by atoms with Crippen molar-refractivity contribution in [1.29, 1.82) is 0 Å². The normalized spacial score (nSPS) is 11.2. The predicted octanol–water partition coefficient (Wildman–Crippen LogP) is 6.15. The van der Waals surface area contributed by atoms with Crippen LogP contribution in [0.3, 0.4) is 0 Å². The zero-order chi connectivity index (χ0) is 20.1. The van der Waals surface area contributed by atoms with Crippen LogP contribution >= 0.6 is 0 Å². The van der Waals surface area contributed by atoms with Crippen LogP contribution in [0.1, 0.15) is 57.9 Å². The number of carbonyl (C=O) groups is 1. The Morgan fingerprint density at radius 1 is 1.18 bits per heavy atom. The highest BCUT2D eigenvalue weighted by Gasteiger charge is 2.14. The van der Waals surface area contributed by atoms with E-state index in [1.54, 1.807) is 7.11 Å². The molecule has 0 unspecified atom stereocenters. The highest BCUT2D eigenvalue weighted by Crippen LogP contribution is 2.32. The molecule has 0 saturated carbocycles. The summed E-state index contributed by atoms with van der Waals surface area (Å²) in [6.45, 7) is 6.43. The lowest BCUT2D eigenvalue weighted by molar-refractivity contribution is -0.116. The molecule has 2 aromatic carbocycles. The zero-order valence-corrected chi connectivity index (χ0v) is 17.0. The molecule has 0 radical (unpaired) electrons. The maximum Gasteiger partial charge on any atom is 0.227 e. The van der Waals surface area contributed by atoms with Gasteiger partial charge in [-0.1, -0.05) is 39.7 Å². The molecule has 5 heteroatoms. The minimum absolute atomic E-state index is 0.0111. The number of unbranched alkanes of at least 4 members (excludes halogenated alkanes) is 2. The lowest BCUT2D eigenvalue weighted by atomic mass is 10.0. The Bertz CT molecular complexity index is 960. The van der Waals surface area contributed by atoms with Crippen LogP contribution in [0.4, 0.5) is 5.69 Å². The molecule has 3 aromatic rings. The maximum atomic E-state index is 12.2. The van der Waals surface area contributed by atoms with Gasteiger partial charge in [0.2, 0.25) is 11.8 Å². The van der Waals surface area contributed by atoms with Gasteiger partial charge in [-0.25, -0.2) is 4.98 Å². The van der Waals surface area contributed by atoms with Crippen molar-refractivity contribution in [3.05, 3.63) is 42.0 Å². The van der Waals surface area contributed by atoms with Crippen molar-refractivity contribution in [3.8, 4) is 17.2 Å². The number of nitrogens with zero attached hydrogens (tertiary/aromatic N) is 1. The Morgan fingerprint density at radius 2 is 2.00 bits per heavy atom. The minimum atomic E-state index is -0.0111. The van der Waals surface area contributed by atoms with Crippen molar-refractivity contribution in [3.63, 3.8) is 0 Å². The van der Waals surface area contributed by atoms with Crippen LogP contribution in [0.15, 0.2) is 40.8 Å². The van der Waals surface area contributed by atoms with E-state index >= 15 is 0 Å². The van der Waals surface area contributed by atoms with E-state index in [1.165, 1.54) is 5.56 Å². The van der Waals surface area contributed by atoms with E-state index < -0.39 is 0 Å². The number of hydrogen-bond donors (Lipinski definition) is 1. The van der Waals surface area contributed by atoms with Gasteiger partial charge in [0.15, 0.2) is 5.58 Å². The number of hydrogen-bond acceptors (Lipinski definition) is 4. The Morgan fingerprint density at radius 3 is 2.71 bits per heavy atom. The monoisotopic (exact) mass is 380 g/mol. The highest BCUT2D eigenvalue weighted by atomic mass is 16.5. The smallest absolute Gasteiger partial charge is 0.227 e. The standard InChI is InChI=1S/C23H28N2O3/c1-5-6-7-8-22(26)24-18-14-17(10-11-20(18)27-4)23-25-19-13-16(15(2)3)9-12-21(19)28-23/h9-15H,5-8H2,1-4H3,(H,24,26). The summed E-state index contributed by atoms with van der Waals surface area (Å²) < 4.78 is 11.3. The molecule has 0 bridgehead atoms.